The molecule has 6 rings (SSSR count). The summed E-state index contributed by atoms with van der Waals surface area (Å²) >= 11 is 0. The average molecular weight is 431 g/mol. The van der Waals surface area contributed by atoms with E-state index in [-0.39, 0.29) is 6.04 Å². The third-order valence-corrected chi connectivity index (χ3v) is 6.81. The fourth-order valence-electron chi connectivity index (χ4n) is 5.18. The first-order chi connectivity index (χ1) is 16.3. The van der Waals surface area contributed by atoms with E-state index in [0.29, 0.717) is 5.90 Å². The first kappa shape index (κ1) is 19.9. The number of rotatable bonds is 4. The standard InChI is InChI=1S/C30H26N2O/c1-4-13-23(14-5-1)28-30(24-15-6-2-7-16-24,25-17-8-3-9-18-25)33-29(32-28)27-21-20-22-12-10-11-19-26(22)31-27/h1-9,13-18,20-21,28H,10-12,19H2/t28-/m0/s1. The van der Waals surface area contributed by atoms with Crippen molar-refractivity contribution in [1.82, 2.24) is 4.98 Å². The summed E-state index contributed by atoms with van der Waals surface area (Å²) in [6, 6.07) is 35.5. The molecule has 0 radical (unpaired) electrons. The van der Waals surface area contributed by atoms with Gasteiger partial charge >= 0.3 is 0 Å². The molecule has 0 bridgehead atoms. The van der Waals surface area contributed by atoms with Crippen LogP contribution in [0.1, 0.15) is 52.5 Å². The fraction of sp³-hybridized carbons (Fsp3) is 0.200. The number of fused-ring (bicyclic) bond motifs is 1. The van der Waals surface area contributed by atoms with Crippen LogP contribution in [0, 0.1) is 0 Å². The zero-order valence-electron chi connectivity index (χ0n) is 18.5. The number of hydrogen-bond donors (Lipinski definition) is 0. The average Bonchev–Trinajstić information content (AvgIpc) is 3.32. The molecule has 3 aromatic carbocycles. The van der Waals surface area contributed by atoms with Gasteiger partial charge in [-0.1, -0.05) is 97.1 Å². The van der Waals surface area contributed by atoms with Crippen LogP contribution in [0.2, 0.25) is 0 Å². The third kappa shape index (κ3) is 3.45. The molecule has 1 aliphatic carbocycles. The highest BCUT2D eigenvalue weighted by molar-refractivity contribution is 5.94. The summed E-state index contributed by atoms with van der Waals surface area (Å²) in [7, 11) is 0. The second kappa shape index (κ2) is 8.32. The van der Waals surface area contributed by atoms with Crippen molar-refractivity contribution < 1.29 is 4.74 Å². The van der Waals surface area contributed by atoms with Crippen LogP contribution >= 0.6 is 0 Å². The van der Waals surface area contributed by atoms with Crippen molar-refractivity contribution in [2.45, 2.75) is 37.3 Å². The zero-order valence-corrected chi connectivity index (χ0v) is 18.5. The van der Waals surface area contributed by atoms with Crippen LogP contribution in [-0.2, 0) is 23.2 Å². The molecule has 162 valence electrons. The lowest BCUT2D eigenvalue weighted by atomic mass is 9.78. The van der Waals surface area contributed by atoms with E-state index >= 15 is 0 Å². The number of ether oxygens (including phenoxy) is 1. The Labute approximate surface area is 194 Å². The Kier molecular flexibility index (Phi) is 5.03. The normalized spacial score (nSPS) is 18.8. The highest BCUT2D eigenvalue weighted by Crippen LogP contribution is 2.50. The van der Waals surface area contributed by atoms with Crippen LogP contribution in [-0.4, -0.2) is 10.9 Å². The van der Waals surface area contributed by atoms with Crippen LogP contribution in [0.15, 0.2) is 108 Å². The van der Waals surface area contributed by atoms with E-state index in [4.69, 9.17) is 14.7 Å². The van der Waals surface area contributed by atoms with E-state index in [1.807, 2.05) is 18.2 Å². The van der Waals surface area contributed by atoms with E-state index in [1.54, 1.807) is 0 Å². The highest BCUT2D eigenvalue weighted by Gasteiger charge is 2.51. The van der Waals surface area contributed by atoms with Gasteiger partial charge in [0.25, 0.3) is 0 Å². The molecule has 0 spiro atoms. The molecule has 1 aliphatic heterocycles. The summed E-state index contributed by atoms with van der Waals surface area (Å²) in [6.07, 6.45) is 4.58. The van der Waals surface area contributed by atoms with Gasteiger partial charge in [0.1, 0.15) is 11.7 Å². The Hall–Kier alpha value is -3.72. The largest absolute Gasteiger partial charge is 0.457 e. The number of hydrogen-bond acceptors (Lipinski definition) is 3. The maximum absolute atomic E-state index is 6.95. The quantitative estimate of drug-likeness (QED) is 0.374. The van der Waals surface area contributed by atoms with Gasteiger partial charge in [0.15, 0.2) is 5.60 Å². The second-order valence-corrected chi connectivity index (χ2v) is 8.83. The van der Waals surface area contributed by atoms with E-state index < -0.39 is 5.60 Å². The van der Waals surface area contributed by atoms with Crippen molar-refractivity contribution >= 4 is 5.90 Å². The Morgan fingerprint density at radius 2 is 1.27 bits per heavy atom. The Balaban J connectivity index is 1.55. The maximum atomic E-state index is 6.95. The highest BCUT2D eigenvalue weighted by atomic mass is 16.5. The molecule has 33 heavy (non-hydrogen) atoms. The number of nitrogens with zero attached hydrogens (tertiary/aromatic N) is 2. The number of aliphatic imine (C=N–C) groups is 1. The van der Waals surface area contributed by atoms with Gasteiger partial charge in [-0.25, -0.2) is 9.98 Å². The van der Waals surface area contributed by atoms with Crippen LogP contribution < -0.4 is 0 Å². The summed E-state index contributed by atoms with van der Waals surface area (Å²) < 4.78 is 6.95. The lowest BCUT2D eigenvalue weighted by Crippen LogP contribution is -2.34. The molecular weight excluding hydrogens is 404 g/mol. The first-order valence-corrected chi connectivity index (χ1v) is 11.8. The van der Waals surface area contributed by atoms with Crippen LogP contribution in [0.5, 0.6) is 0 Å². The molecule has 0 saturated carbocycles. The minimum absolute atomic E-state index is 0.226. The van der Waals surface area contributed by atoms with Gasteiger partial charge in [-0.15, -0.1) is 0 Å². The summed E-state index contributed by atoms with van der Waals surface area (Å²) in [5.41, 5.74) is 5.90. The second-order valence-electron chi connectivity index (χ2n) is 8.83. The summed E-state index contributed by atoms with van der Waals surface area (Å²) in [4.78, 5) is 10.2. The Morgan fingerprint density at radius 3 is 1.94 bits per heavy atom. The molecule has 2 heterocycles. The predicted molar refractivity (Wildman–Crippen MR) is 131 cm³/mol. The molecule has 1 atom stereocenters. The number of pyridine rings is 1. The van der Waals surface area contributed by atoms with E-state index in [2.05, 4.69) is 84.9 Å². The van der Waals surface area contributed by atoms with Crippen LogP contribution in [0.4, 0.5) is 0 Å². The van der Waals surface area contributed by atoms with E-state index in [0.717, 1.165) is 35.2 Å². The lowest BCUT2D eigenvalue weighted by molar-refractivity contribution is 0.0977. The fourth-order valence-corrected chi connectivity index (χ4v) is 5.18. The zero-order chi connectivity index (χ0) is 22.1. The first-order valence-electron chi connectivity index (χ1n) is 11.8. The van der Waals surface area contributed by atoms with Crippen LogP contribution in [0.25, 0.3) is 0 Å². The minimum Gasteiger partial charge on any atom is -0.457 e. The monoisotopic (exact) mass is 430 g/mol. The topological polar surface area (TPSA) is 34.5 Å². The van der Waals surface area contributed by atoms with Gasteiger partial charge in [-0.2, -0.15) is 0 Å². The van der Waals surface area contributed by atoms with Gasteiger partial charge in [0.05, 0.1) is 0 Å². The van der Waals surface area contributed by atoms with Crippen molar-refractivity contribution in [3.05, 3.63) is 137 Å². The molecule has 0 amide bonds. The van der Waals surface area contributed by atoms with Gasteiger partial charge < -0.3 is 4.74 Å². The molecule has 0 N–H and O–H groups in total. The molecule has 2 aliphatic rings. The number of aromatic nitrogens is 1. The Morgan fingerprint density at radius 1 is 0.667 bits per heavy atom. The van der Waals surface area contributed by atoms with Gasteiger partial charge in [-0.3, -0.25) is 0 Å². The van der Waals surface area contributed by atoms with Gasteiger partial charge in [-0.05, 0) is 42.9 Å². The molecule has 3 nitrogen and oxygen atoms in total. The molecule has 0 unspecified atom stereocenters. The molecule has 4 aromatic rings. The third-order valence-electron chi connectivity index (χ3n) is 6.81. The van der Waals surface area contributed by atoms with E-state index in [9.17, 15) is 0 Å². The van der Waals surface area contributed by atoms with Gasteiger partial charge in [0, 0.05) is 16.8 Å². The maximum Gasteiger partial charge on any atom is 0.237 e. The van der Waals surface area contributed by atoms with Crippen molar-refractivity contribution in [3.8, 4) is 0 Å². The van der Waals surface area contributed by atoms with Crippen LogP contribution in [0.3, 0.4) is 0 Å². The van der Waals surface area contributed by atoms with Crippen molar-refractivity contribution in [1.29, 1.82) is 0 Å². The molecule has 1 aromatic heterocycles. The van der Waals surface area contributed by atoms with Crippen molar-refractivity contribution in [2.75, 3.05) is 0 Å². The van der Waals surface area contributed by atoms with E-state index in [1.165, 1.54) is 24.1 Å². The van der Waals surface area contributed by atoms with Crippen molar-refractivity contribution in [2.24, 2.45) is 4.99 Å². The SMILES string of the molecule is c1ccc([C@@H]2N=C(c3ccc4c(n3)CCCC4)OC2(c2ccccc2)c2ccccc2)cc1. The van der Waals surface area contributed by atoms with Gasteiger partial charge in [0.2, 0.25) is 5.90 Å². The molecule has 3 heteroatoms. The smallest absolute Gasteiger partial charge is 0.237 e. The molecule has 0 saturated heterocycles. The summed E-state index contributed by atoms with van der Waals surface area (Å²) in [5.74, 6) is 0.616. The lowest BCUT2D eigenvalue weighted by Gasteiger charge is -2.35. The minimum atomic E-state index is -0.767. The number of benzene rings is 3. The number of aryl methyl sites for hydroxylation is 2. The predicted octanol–water partition coefficient (Wildman–Crippen LogP) is 6.42. The molecular formula is C30H26N2O. The Bertz CT molecular complexity index is 1240. The summed E-state index contributed by atoms with van der Waals surface area (Å²) in [5, 5.41) is 0. The van der Waals surface area contributed by atoms with Crippen molar-refractivity contribution in [3.63, 3.8) is 0 Å². The molecule has 0 fully saturated rings. The summed E-state index contributed by atoms with van der Waals surface area (Å²) in [6.45, 7) is 0.